The van der Waals surface area contributed by atoms with Gasteiger partial charge in [0.2, 0.25) is 0 Å². The van der Waals surface area contributed by atoms with Crippen LogP contribution in [0.5, 0.6) is 0 Å². The Morgan fingerprint density at radius 2 is 0.684 bits per heavy atom. The summed E-state index contributed by atoms with van der Waals surface area (Å²) in [5, 5.41) is 0. The number of nitrogens with two attached hydrogens (primary N) is 1. The van der Waals surface area contributed by atoms with Crippen molar-refractivity contribution < 1.29 is 37.6 Å². The monoisotopic (exact) mass is 1110 g/mol. The smallest absolute Gasteiger partial charge is 0.462 e. The maximum absolute atomic E-state index is 12.7. The minimum Gasteiger partial charge on any atom is -0.462 e. The van der Waals surface area contributed by atoms with Gasteiger partial charge in [0.25, 0.3) is 0 Å². The van der Waals surface area contributed by atoms with E-state index >= 15 is 0 Å². The Hall–Kier alpha value is -4.37. The SMILES string of the molecule is CC/C=C\C/C=C\C/C=C\C/C=C\C/C=C\C/C=C\C/C=C\CCCCCCCCCCCCCCCCCCCC(=O)OC(COC(=O)CC/C=C\C/C=C\C/C=C\C/C=C\C/C=C\C/C=C\CC)COP(=O)(O)OCCN. The Labute approximate surface area is 483 Å². The summed E-state index contributed by atoms with van der Waals surface area (Å²) in [4.78, 5) is 35.2. The molecule has 0 heterocycles. The van der Waals surface area contributed by atoms with Gasteiger partial charge in [0.05, 0.1) is 13.2 Å². The van der Waals surface area contributed by atoms with Crippen LogP contribution in [0, 0.1) is 0 Å². The second kappa shape index (κ2) is 62.8. The van der Waals surface area contributed by atoms with Crippen LogP contribution in [0.3, 0.4) is 0 Å². The van der Waals surface area contributed by atoms with Gasteiger partial charge in [0.15, 0.2) is 6.10 Å². The van der Waals surface area contributed by atoms with Gasteiger partial charge in [0.1, 0.15) is 6.61 Å². The molecular formula is C69H112NO8P. The molecule has 79 heavy (non-hydrogen) atoms. The zero-order valence-corrected chi connectivity index (χ0v) is 50.7. The summed E-state index contributed by atoms with van der Waals surface area (Å²) < 4.78 is 32.9. The van der Waals surface area contributed by atoms with E-state index in [1.54, 1.807) is 0 Å². The maximum Gasteiger partial charge on any atom is 0.472 e. The highest BCUT2D eigenvalue weighted by Crippen LogP contribution is 2.43. The molecular weight excluding hydrogens is 1000 g/mol. The minimum atomic E-state index is -4.41. The molecule has 0 rings (SSSR count). The topological polar surface area (TPSA) is 134 Å². The molecule has 2 atom stereocenters. The van der Waals surface area contributed by atoms with Gasteiger partial charge in [-0.25, -0.2) is 4.57 Å². The second-order valence-electron chi connectivity index (χ2n) is 19.8. The van der Waals surface area contributed by atoms with Crippen molar-refractivity contribution in [3.8, 4) is 0 Å². The van der Waals surface area contributed by atoms with Crippen LogP contribution in [0.15, 0.2) is 158 Å². The fourth-order valence-electron chi connectivity index (χ4n) is 7.94. The van der Waals surface area contributed by atoms with E-state index in [-0.39, 0.29) is 32.6 Å². The molecule has 9 nitrogen and oxygen atoms in total. The Morgan fingerprint density at radius 1 is 0.380 bits per heavy atom. The fourth-order valence-corrected chi connectivity index (χ4v) is 8.70. The summed E-state index contributed by atoms with van der Waals surface area (Å²) in [7, 11) is -4.41. The predicted molar refractivity (Wildman–Crippen MR) is 339 cm³/mol. The number of carbonyl (C=O) groups is 2. The van der Waals surface area contributed by atoms with Crippen molar-refractivity contribution >= 4 is 19.8 Å². The standard InChI is InChI=1S/C69H112NO8P/c1-3-5-7-9-11-13-15-17-19-21-23-24-25-26-27-28-29-30-31-32-33-34-35-36-37-38-39-40-41-42-44-46-48-50-52-54-56-58-60-62-69(72)78-67(66-77-79(73,74)76-64-63-70)65-75-68(71)61-59-57-55-53-51-49-47-45-43-22-20-18-16-14-12-10-8-6-4-2/h5-8,11-14,17-20,23-24,26-27,29-30,32-33,43,45,49,51,55,57,67H,3-4,9-10,15-16,21-22,25,28,31,34-42,44,46-48,50,52-54,56,58-66,70H2,1-2H3,(H,73,74)/b7-5-,8-6-,13-11-,14-12-,19-17-,20-18-,24-23-,27-26-,30-29-,33-32-,45-43-,51-49-,57-55-. The van der Waals surface area contributed by atoms with Gasteiger partial charge in [-0.1, -0.05) is 268 Å². The van der Waals surface area contributed by atoms with Crippen molar-refractivity contribution in [3.05, 3.63) is 158 Å². The average molecular weight is 1110 g/mol. The summed E-state index contributed by atoms with van der Waals surface area (Å²) in [6, 6.07) is 0. The summed E-state index contributed by atoms with van der Waals surface area (Å²) in [6.45, 7) is 3.42. The van der Waals surface area contributed by atoms with Gasteiger partial charge in [-0.05, 0) is 109 Å². The molecule has 446 valence electrons. The van der Waals surface area contributed by atoms with E-state index in [2.05, 4.69) is 160 Å². The number of allylic oxidation sites excluding steroid dienone is 26. The largest absolute Gasteiger partial charge is 0.472 e. The molecule has 0 aliphatic heterocycles. The zero-order valence-electron chi connectivity index (χ0n) is 49.8. The molecule has 0 aliphatic rings. The van der Waals surface area contributed by atoms with Gasteiger partial charge >= 0.3 is 19.8 Å². The molecule has 2 unspecified atom stereocenters. The predicted octanol–water partition coefficient (Wildman–Crippen LogP) is 20.1. The summed E-state index contributed by atoms with van der Waals surface area (Å²) >= 11 is 0. The van der Waals surface area contributed by atoms with Crippen LogP contribution in [-0.4, -0.2) is 49.3 Å². The third-order valence-corrected chi connectivity index (χ3v) is 13.4. The number of unbranched alkanes of at least 4 members (excludes halogenated alkanes) is 17. The Kier molecular flexibility index (Phi) is 59.3. The van der Waals surface area contributed by atoms with Crippen LogP contribution < -0.4 is 5.73 Å². The highest BCUT2D eigenvalue weighted by Gasteiger charge is 2.26. The number of carbonyl (C=O) groups excluding carboxylic acids is 2. The third-order valence-electron chi connectivity index (χ3n) is 12.4. The van der Waals surface area contributed by atoms with E-state index in [0.717, 1.165) is 103 Å². The molecule has 3 N–H and O–H groups in total. The molecule has 0 amide bonds. The minimum absolute atomic E-state index is 0.0371. The molecule has 0 radical (unpaired) electrons. The fraction of sp³-hybridized carbons (Fsp3) is 0.594. The first kappa shape index (κ1) is 74.6. The molecule has 0 saturated carbocycles. The van der Waals surface area contributed by atoms with Crippen LogP contribution in [0.2, 0.25) is 0 Å². The molecule has 0 saturated heterocycles. The lowest BCUT2D eigenvalue weighted by Crippen LogP contribution is -2.29. The average Bonchev–Trinajstić information content (AvgIpc) is 3.44. The van der Waals surface area contributed by atoms with Crippen molar-refractivity contribution in [3.63, 3.8) is 0 Å². The second-order valence-corrected chi connectivity index (χ2v) is 21.3. The highest BCUT2D eigenvalue weighted by atomic mass is 31.2. The van der Waals surface area contributed by atoms with Crippen molar-refractivity contribution in [2.75, 3.05) is 26.4 Å². The summed E-state index contributed by atoms with van der Waals surface area (Å²) in [5.41, 5.74) is 5.38. The van der Waals surface area contributed by atoms with Crippen molar-refractivity contribution in [1.29, 1.82) is 0 Å². The number of hydrogen-bond donors (Lipinski definition) is 2. The number of ether oxygens (including phenoxy) is 2. The number of phosphoric acid groups is 1. The lowest BCUT2D eigenvalue weighted by molar-refractivity contribution is -0.161. The number of rotatable bonds is 56. The van der Waals surface area contributed by atoms with E-state index in [4.69, 9.17) is 24.3 Å². The van der Waals surface area contributed by atoms with Crippen LogP contribution in [-0.2, 0) is 32.7 Å². The Balaban J connectivity index is 3.96. The van der Waals surface area contributed by atoms with Gasteiger partial charge < -0.3 is 20.1 Å². The molecule has 0 fully saturated rings. The third kappa shape index (κ3) is 62.7. The molecule has 0 bridgehead atoms. The number of phosphoric ester groups is 1. The first-order valence-electron chi connectivity index (χ1n) is 31.0. The first-order valence-corrected chi connectivity index (χ1v) is 32.5. The molecule has 0 aliphatic carbocycles. The lowest BCUT2D eigenvalue weighted by atomic mass is 10.0. The number of esters is 2. The van der Waals surface area contributed by atoms with E-state index in [1.165, 1.54) is 89.9 Å². The molecule has 10 heteroatoms. The van der Waals surface area contributed by atoms with Gasteiger partial charge in [-0.15, -0.1) is 0 Å². The van der Waals surface area contributed by atoms with Gasteiger partial charge in [-0.2, -0.15) is 0 Å². The van der Waals surface area contributed by atoms with Gasteiger partial charge in [-0.3, -0.25) is 18.6 Å². The molecule has 0 aromatic heterocycles. The first-order chi connectivity index (χ1) is 38.8. The number of hydrogen-bond acceptors (Lipinski definition) is 8. The quantitative estimate of drug-likeness (QED) is 0.0264. The van der Waals surface area contributed by atoms with Crippen molar-refractivity contribution in [2.45, 2.75) is 238 Å². The molecule has 0 aromatic carbocycles. The Morgan fingerprint density at radius 3 is 1.03 bits per heavy atom. The van der Waals surface area contributed by atoms with Crippen molar-refractivity contribution in [2.24, 2.45) is 5.73 Å². The summed E-state index contributed by atoms with van der Waals surface area (Å²) in [6.07, 6.45) is 91.9. The van der Waals surface area contributed by atoms with Crippen molar-refractivity contribution in [1.82, 2.24) is 0 Å². The normalized spacial score (nSPS) is 14.1. The van der Waals surface area contributed by atoms with E-state index in [1.807, 2.05) is 12.2 Å². The summed E-state index contributed by atoms with van der Waals surface area (Å²) in [5.74, 6) is -0.932. The van der Waals surface area contributed by atoms with Crippen LogP contribution in [0.25, 0.3) is 0 Å². The maximum atomic E-state index is 12.7. The van der Waals surface area contributed by atoms with E-state index in [9.17, 15) is 19.0 Å². The molecule has 0 aromatic rings. The van der Waals surface area contributed by atoms with Gasteiger partial charge in [0, 0.05) is 19.4 Å². The highest BCUT2D eigenvalue weighted by molar-refractivity contribution is 7.47. The van der Waals surface area contributed by atoms with Crippen LogP contribution in [0.1, 0.15) is 232 Å². The Bertz CT molecular complexity index is 1850. The van der Waals surface area contributed by atoms with E-state index in [0.29, 0.717) is 12.8 Å². The van der Waals surface area contributed by atoms with Crippen LogP contribution >= 0.6 is 7.82 Å². The van der Waals surface area contributed by atoms with E-state index < -0.39 is 32.5 Å². The zero-order chi connectivity index (χ0) is 57.3. The lowest BCUT2D eigenvalue weighted by Gasteiger charge is -2.19. The molecule has 0 spiro atoms. The van der Waals surface area contributed by atoms with Crippen LogP contribution in [0.4, 0.5) is 0 Å².